The van der Waals surface area contributed by atoms with Crippen molar-refractivity contribution < 1.29 is 41.4 Å². The highest BCUT2D eigenvalue weighted by Gasteiger charge is 2.69. The predicted molar refractivity (Wildman–Crippen MR) is 66.1 cm³/mol. The second-order valence-electron chi connectivity index (χ2n) is 5.83. The highest BCUT2D eigenvalue weighted by molar-refractivity contribution is 5.85. The third-order valence-electron chi connectivity index (χ3n) is 3.24. The molecule has 9 heteroatoms. The van der Waals surface area contributed by atoms with Crippen LogP contribution in [0.5, 0.6) is 0 Å². The minimum absolute atomic E-state index is 0.0631. The number of carbonyl (C=O) groups is 1. The van der Waals surface area contributed by atoms with Crippen molar-refractivity contribution in [2.45, 2.75) is 58.0 Å². The summed E-state index contributed by atoms with van der Waals surface area (Å²) in [7, 11) is 0. The van der Waals surface area contributed by atoms with Crippen molar-refractivity contribution >= 4 is 5.97 Å². The van der Waals surface area contributed by atoms with E-state index >= 15 is 0 Å². The lowest BCUT2D eigenvalue weighted by Gasteiger charge is -2.33. The van der Waals surface area contributed by atoms with E-state index in [2.05, 4.69) is 0 Å². The number of alkyl halides is 6. The molecule has 0 aliphatic rings. The van der Waals surface area contributed by atoms with E-state index in [0.29, 0.717) is 0 Å². The van der Waals surface area contributed by atoms with Gasteiger partial charge in [0.2, 0.25) is 0 Å². The molecule has 0 bridgehead atoms. The summed E-state index contributed by atoms with van der Waals surface area (Å²) in [5.41, 5.74) is -5.74. The lowest BCUT2D eigenvalue weighted by Crippen LogP contribution is -2.56. The van der Waals surface area contributed by atoms with Gasteiger partial charge in [-0.05, 0) is 31.6 Å². The van der Waals surface area contributed by atoms with Gasteiger partial charge in [0.05, 0.1) is 0 Å². The molecule has 0 aliphatic heterocycles. The quantitative estimate of drug-likeness (QED) is 0.568. The zero-order chi connectivity index (χ0) is 18.0. The van der Waals surface area contributed by atoms with E-state index in [1.807, 2.05) is 0 Å². The fourth-order valence-electron chi connectivity index (χ4n) is 1.96. The summed E-state index contributed by atoms with van der Waals surface area (Å²) in [6.45, 7) is 4.24. The summed E-state index contributed by atoms with van der Waals surface area (Å²) >= 11 is 0. The maximum atomic E-state index is 12.5. The molecule has 0 amide bonds. The first-order valence-corrected chi connectivity index (χ1v) is 6.32. The van der Waals surface area contributed by atoms with Crippen molar-refractivity contribution in [2.24, 2.45) is 5.41 Å². The van der Waals surface area contributed by atoms with Gasteiger partial charge in [-0.1, -0.05) is 19.9 Å². The summed E-state index contributed by atoms with van der Waals surface area (Å²) < 4.78 is 74.9. The molecule has 130 valence electrons. The molecule has 0 heterocycles. The van der Waals surface area contributed by atoms with Crippen molar-refractivity contribution in [1.29, 1.82) is 0 Å². The normalized spacial score (nSPS) is 15.1. The minimum atomic E-state index is -5.83. The SMILES string of the molecule is CC(=CC(C)(C)CCCC(O)(C(F)(F)F)C(F)(F)F)C(=O)O. The maximum absolute atomic E-state index is 12.5. The molecule has 0 aromatic rings. The van der Waals surface area contributed by atoms with Gasteiger partial charge in [-0.15, -0.1) is 0 Å². The number of hydrogen-bond donors (Lipinski definition) is 2. The number of rotatable bonds is 6. The Kier molecular flexibility index (Phi) is 6.11. The Hall–Kier alpha value is -1.25. The summed E-state index contributed by atoms with van der Waals surface area (Å²) in [6, 6.07) is 0. The number of allylic oxidation sites excluding steroid dienone is 1. The number of halogens is 6. The molecule has 0 saturated heterocycles. The second kappa shape index (κ2) is 6.47. The fourth-order valence-corrected chi connectivity index (χ4v) is 1.96. The fraction of sp³-hybridized carbons (Fsp3) is 0.769. The molecule has 3 nitrogen and oxygen atoms in total. The summed E-state index contributed by atoms with van der Waals surface area (Å²) in [5.74, 6) is -1.23. The molecule has 0 atom stereocenters. The van der Waals surface area contributed by atoms with Crippen LogP contribution in [0.15, 0.2) is 11.6 Å². The molecule has 0 rings (SSSR count). The van der Waals surface area contributed by atoms with Gasteiger partial charge in [0.15, 0.2) is 0 Å². The number of aliphatic hydroxyl groups is 1. The monoisotopic (exact) mass is 336 g/mol. The molecule has 0 spiro atoms. The zero-order valence-electron chi connectivity index (χ0n) is 12.3. The van der Waals surface area contributed by atoms with E-state index in [4.69, 9.17) is 10.2 Å². The van der Waals surface area contributed by atoms with Crippen molar-refractivity contribution in [3.63, 3.8) is 0 Å². The van der Waals surface area contributed by atoms with Crippen LogP contribution in [0.4, 0.5) is 26.3 Å². The van der Waals surface area contributed by atoms with Crippen LogP contribution < -0.4 is 0 Å². The van der Waals surface area contributed by atoms with Gasteiger partial charge in [0.1, 0.15) is 0 Å². The van der Waals surface area contributed by atoms with Crippen molar-refractivity contribution in [3.8, 4) is 0 Å². The lowest BCUT2D eigenvalue weighted by atomic mass is 9.83. The molecule has 2 N–H and O–H groups in total. The molecule has 0 aliphatic carbocycles. The molecule has 0 fully saturated rings. The molecule has 0 saturated carbocycles. The highest BCUT2D eigenvalue weighted by atomic mass is 19.4. The summed E-state index contributed by atoms with van der Waals surface area (Å²) in [4.78, 5) is 10.7. The Balaban J connectivity index is 5.00. The van der Waals surface area contributed by atoms with Gasteiger partial charge >= 0.3 is 18.3 Å². The topological polar surface area (TPSA) is 57.5 Å². The van der Waals surface area contributed by atoms with E-state index in [0.717, 1.165) is 0 Å². The Morgan fingerprint density at radius 2 is 1.41 bits per heavy atom. The predicted octanol–water partition coefficient (Wildman–Crippen LogP) is 4.07. The molecule has 0 aromatic heterocycles. The molecule has 0 aromatic carbocycles. The number of carboxylic acid groups (broad SMARTS) is 1. The van der Waals surface area contributed by atoms with E-state index < -0.39 is 42.2 Å². The van der Waals surface area contributed by atoms with Crippen LogP contribution in [0.1, 0.15) is 40.0 Å². The molecular weight excluding hydrogens is 318 g/mol. The first-order valence-electron chi connectivity index (χ1n) is 6.32. The van der Waals surface area contributed by atoms with Crippen molar-refractivity contribution in [2.75, 3.05) is 0 Å². The number of carboxylic acids is 1. The minimum Gasteiger partial charge on any atom is -0.478 e. The van der Waals surface area contributed by atoms with Gasteiger partial charge < -0.3 is 10.2 Å². The Morgan fingerprint density at radius 1 is 1.00 bits per heavy atom. The average Bonchev–Trinajstić information content (AvgIpc) is 2.24. The van der Waals surface area contributed by atoms with Crippen LogP contribution >= 0.6 is 0 Å². The van der Waals surface area contributed by atoms with Crippen molar-refractivity contribution in [3.05, 3.63) is 11.6 Å². The Labute approximate surface area is 123 Å². The van der Waals surface area contributed by atoms with E-state index in [-0.39, 0.29) is 12.0 Å². The first-order chi connectivity index (χ1) is 9.53. The third kappa shape index (κ3) is 5.19. The van der Waals surface area contributed by atoms with E-state index in [9.17, 15) is 31.1 Å². The molecule has 0 unspecified atom stereocenters. The summed E-state index contributed by atoms with van der Waals surface area (Å²) in [5, 5.41) is 17.7. The van der Waals surface area contributed by atoms with Gasteiger partial charge in [-0.25, -0.2) is 4.79 Å². The molecule has 22 heavy (non-hydrogen) atoms. The van der Waals surface area contributed by atoms with Crippen LogP contribution in [-0.2, 0) is 4.79 Å². The number of hydrogen-bond acceptors (Lipinski definition) is 2. The van der Waals surface area contributed by atoms with Crippen LogP contribution in [-0.4, -0.2) is 34.1 Å². The van der Waals surface area contributed by atoms with E-state index in [1.54, 1.807) is 0 Å². The summed E-state index contributed by atoms with van der Waals surface area (Å²) in [6.07, 6.45) is -12.7. The lowest BCUT2D eigenvalue weighted by molar-refractivity contribution is -0.370. The van der Waals surface area contributed by atoms with Crippen LogP contribution in [0.25, 0.3) is 0 Å². The van der Waals surface area contributed by atoms with Gasteiger partial charge in [-0.3, -0.25) is 0 Å². The standard InChI is InChI=1S/C13H18F6O3/c1-8(9(20)21)7-10(2,3)5-4-6-11(22,12(14,15)16)13(17,18)19/h7,22H,4-6H2,1-3H3,(H,20,21). The molecule has 0 radical (unpaired) electrons. The van der Waals surface area contributed by atoms with Crippen LogP contribution in [0.2, 0.25) is 0 Å². The zero-order valence-corrected chi connectivity index (χ0v) is 12.3. The smallest absolute Gasteiger partial charge is 0.426 e. The Morgan fingerprint density at radius 3 is 1.73 bits per heavy atom. The van der Waals surface area contributed by atoms with Crippen LogP contribution in [0, 0.1) is 5.41 Å². The first kappa shape index (κ1) is 20.8. The number of aliphatic carboxylic acids is 1. The van der Waals surface area contributed by atoms with Crippen LogP contribution in [0.3, 0.4) is 0 Å². The van der Waals surface area contributed by atoms with Gasteiger partial charge in [-0.2, -0.15) is 26.3 Å². The highest BCUT2D eigenvalue weighted by Crippen LogP contribution is 2.46. The largest absolute Gasteiger partial charge is 0.478 e. The second-order valence-corrected chi connectivity index (χ2v) is 5.83. The Bertz CT molecular complexity index is 420. The maximum Gasteiger partial charge on any atom is 0.426 e. The van der Waals surface area contributed by atoms with Crippen molar-refractivity contribution in [1.82, 2.24) is 0 Å². The van der Waals surface area contributed by atoms with Gasteiger partial charge in [0, 0.05) is 5.57 Å². The van der Waals surface area contributed by atoms with Gasteiger partial charge in [0.25, 0.3) is 5.60 Å². The average molecular weight is 336 g/mol. The molecular formula is C13H18F6O3. The third-order valence-corrected chi connectivity index (χ3v) is 3.24. The van der Waals surface area contributed by atoms with E-state index in [1.165, 1.54) is 26.8 Å².